The molecule has 2 aromatic rings. The lowest BCUT2D eigenvalue weighted by atomic mass is 10.1. The number of nitrogens with one attached hydrogen (secondary N) is 1. The van der Waals surface area contributed by atoms with E-state index in [0.29, 0.717) is 18.2 Å². The van der Waals surface area contributed by atoms with Crippen molar-refractivity contribution in [2.24, 2.45) is 0 Å². The zero-order chi connectivity index (χ0) is 17.7. The van der Waals surface area contributed by atoms with Crippen LogP contribution in [0.5, 0.6) is 0 Å². The largest absolute Gasteiger partial charge is 0.353 e. The van der Waals surface area contributed by atoms with Crippen LogP contribution in [0.1, 0.15) is 26.3 Å². The van der Waals surface area contributed by atoms with Crippen molar-refractivity contribution in [1.82, 2.24) is 15.2 Å². The predicted octanol–water partition coefficient (Wildman–Crippen LogP) is 3.96. The van der Waals surface area contributed by atoms with Crippen LogP contribution < -0.4 is 5.32 Å². The number of fused-ring (bicyclic) bond motifs is 1. The summed E-state index contributed by atoms with van der Waals surface area (Å²) in [6.45, 7) is 7.69. The Morgan fingerprint density at radius 3 is 2.75 bits per heavy atom. The molecule has 0 aliphatic rings. The molecule has 0 saturated carbocycles. The zero-order valence-corrected chi connectivity index (χ0v) is 16.2. The van der Waals surface area contributed by atoms with Gasteiger partial charge in [0.25, 0.3) is 0 Å². The summed E-state index contributed by atoms with van der Waals surface area (Å²) in [5.74, 6) is 0.0290. The highest BCUT2D eigenvalue weighted by atomic mass is 35.5. The molecule has 0 unspecified atom stereocenters. The van der Waals surface area contributed by atoms with Crippen LogP contribution in [0.2, 0.25) is 5.15 Å². The average Bonchev–Trinajstić information content (AvgIpc) is 2.53. The molecule has 0 radical (unpaired) electrons. The van der Waals surface area contributed by atoms with Crippen LogP contribution >= 0.6 is 23.4 Å². The summed E-state index contributed by atoms with van der Waals surface area (Å²) in [4.78, 5) is 19.7. The molecule has 0 bridgehead atoms. The van der Waals surface area contributed by atoms with Crippen LogP contribution in [-0.4, -0.2) is 41.2 Å². The summed E-state index contributed by atoms with van der Waals surface area (Å²) in [7, 11) is 0. The van der Waals surface area contributed by atoms with E-state index in [1.54, 1.807) is 11.8 Å². The molecule has 0 atom stereocenters. The minimum atomic E-state index is 0.0290. The van der Waals surface area contributed by atoms with E-state index in [1.807, 2.05) is 33.1 Å². The summed E-state index contributed by atoms with van der Waals surface area (Å²) in [6.07, 6.45) is 2.04. The van der Waals surface area contributed by atoms with Gasteiger partial charge in [-0.05, 0) is 44.8 Å². The van der Waals surface area contributed by atoms with Crippen LogP contribution in [0.3, 0.4) is 0 Å². The summed E-state index contributed by atoms with van der Waals surface area (Å²) in [5.41, 5.74) is 1.84. The Hall–Kier alpha value is -1.30. The van der Waals surface area contributed by atoms with Crippen molar-refractivity contribution in [3.8, 4) is 0 Å². The Labute approximate surface area is 153 Å². The van der Waals surface area contributed by atoms with E-state index in [2.05, 4.69) is 33.4 Å². The van der Waals surface area contributed by atoms with Crippen molar-refractivity contribution in [2.75, 3.05) is 19.3 Å². The van der Waals surface area contributed by atoms with Crippen molar-refractivity contribution >= 4 is 40.2 Å². The number of carbonyl (C=O) groups excluding carboxylic acids is 1. The first-order valence-corrected chi connectivity index (χ1v) is 9.68. The van der Waals surface area contributed by atoms with Gasteiger partial charge in [-0.15, -0.1) is 11.8 Å². The molecule has 130 valence electrons. The first kappa shape index (κ1) is 19.0. The highest BCUT2D eigenvalue weighted by Crippen LogP contribution is 2.25. The number of hydrogen-bond acceptors (Lipinski definition) is 4. The van der Waals surface area contributed by atoms with Gasteiger partial charge in [0.05, 0.1) is 12.1 Å². The number of likely N-dealkylation sites (N-methyl/N-ethyl adjacent to an activating group) is 1. The molecule has 0 aliphatic carbocycles. The SMILES string of the molecule is CCN(CC(=O)NC(C)C)Cc1cc2ccc(SC)cc2nc1Cl. The van der Waals surface area contributed by atoms with E-state index >= 15 is 0 Å². The van der Waals surface area contributed by atoms with Gasteiger partial charge in [-0.1, -0.05) is 24.6 Å². The van der Waals surface area contributed by atoms with E-state index in [9.17, 15) is 4.79 Å². The van der Waals surface area contributed by atoms with Gasteiger partial charge in [0.2, 0.25) is 5.91 Å². The summed E-state index contributed by atoms with van der Waals surface area (Å²) < 4.78 is 0. The van der Waals surface area contributed by atoms with Crippen molar-refractivity contribution in [1.29, 1.82) is 0 Å². The number of aromatic nitrogens is 1. The highest BCUT2D eigenvalue weighted by molar-refractivity contribution is 7.98. The number of pyridine rings is 1. The maximum absolute atomic E-state index is 12.0. The average molecular weight is 366 g/mol. The predicted molar refractivity (Wildman–Crippen MR) is 103 cm³/mol. The molecule has 0 aliphatic heterocycles. The molecule has 1 heterocycles. The molecule has 1 aromatic carbocycles. The Balaban J connectivity index is 2.18. The number of hydrogen-bond donors (Lipinski definition) is 1. The Kier molecular flexibility index (Phi) is 6.90. The molecular weight excluding hydrogens is 342 g/mol. The van der Waals surface area contributed by atoms with E-state index in [0.717, 1.165) is 23.0 Å². The monoisotopic (exact) mass is 365 g/mol. The fraction of sp³-hybridized carbons (Fsp3) is 0.444. The maximum Gasteiger partial charge on any atom is 0.234 e. The summed E-state index contributed by atoms with van der Waals surface area (Å²) >= 11 is 8.06. The first-order valence-electron chi connectivity index (χ1n) is 8.07. The second-order valence-corrected chi connectivity index (χ2v) is 7.26. The van der Waals surface area contributed by atoms with Gasteiger partial charge in [0.1, 0.15) is 5.15 Å². The topological polar surface area (TPSA) is 45.2 Å². The van der Waals surface area contributed by atoms with Crippen LogP contribution in [0.25, 0.3) is 10.9 Å². The van der Waals surface area contributed by atoms with Crippen LogP contribution in [-0.2, 0) is 11.3 Å². The summed E-state index contributed by atoms with van der Waals surface area (Å²) in [6, 6.07) is 8.41. The molecule has 0 saturated heterocycles. The van der Waals surface area contributed by atoms with Crippen molar-refractivity contribution in [2.45, 2.75) is 38.3 Å². The number of halogens is 1. The minimum Gasteiger partial charge on any atom is -0.353 e. The molecule has 1 N–H and O–H groups in total. The lowest BCUT2D eigenvalue weighted by molar-refractivity contribution is -0.122. The van der Waals surface area contributed by atoms with Crippen LogP contribution in [0, 0.1) is 0 Å². The van der Waals surface area contributed by atoms with E-state index in [1.165, 1.54) is 4.90 Å². The molecule has 0 spiro atoms. The van der Waals surface area contributed by atoms with E-state index in [-0.39, 0.29) is 11.9 Å². The van der Waals surface area contributed by atoms with Crippen molar-refractivity contribution in [3.05, 3.63) is 35.0 Å². The lowest BCUT2D eigenvalue weighted by Crippen LogP contribution is -2.39. The van der Waals surface area contributed by atoms with Crippen molar-refractivity contribution < 1.29 is 4.79 Å². The van der Waals surface area contributed by atoms with Crippen LogP contribution in [0.15, 0.2) is 29.2 Å². The number of rotatable bonds is 7. The minimum absolute atomic E-state index is 0.0290. The van der Waals surface area contributed by atoms with Gasteiger partial charge >= 0.3 is 0 Å². The maximum atomic E-state index is 12.0. The molecular formula is C18H24ClN3OS. The molecule has 2 rings (SSSR count). The van der Waals surface area contributed by atoms with Crippen LogP contribution in [0.4, 0.5) is 0 Å². The first-order chi connectivity index (χ1) is 11.4. The number of benzene rings is 1. The fourth-order valence-corrected chi connectivity index (χ4v) is 3.14. The normalized spacial score (nSPS) is 11.5. The Bertz CT molecular complexity index is 721. The standard InChI is InChI=1S/C18H24ClN3OS/c1-5-22(11-17(23)20-12(2)3)10-14-8-13-6-7-15(24-4)9-16(13)21-18(14)19/h6-9,12H,5,10-11H2,1-4H3,(H,20,23). The fourth-order valence-electron chi connectivity index (χ4n) is 2.50. The molecule has 0 fully saturated rings. The molecule has 24 heavy (non-hydrogen) atoms. The van der Waals surface area contributed by atoms with Gasteiger partial charge in [-0.3, -0.25) is 9.69 Å². The van der Waals surface area contributed by atoms with Gasteiger partial charge in [-0.25, -0.2) is 4.98 Å². The van der Waals surface area contributed by atoms with Gasteiger partial charge in [-0.2, -0.15) is 0 Å². The molecule has 1 aromatic heterocycles. The van der Waals surface area contributed by atoms with E-state index in [4.69, 9.17) is 11.6 Å². The highest BCUT2D eigenvalue weighted by Gasteiger charge is 2.13. The third kappa shape index (κ3) is 5.10. The summed E-state index contributed by atoms with van der Waals surface area (Å²) in [5, 5.41) is 4.49. The Morgan fingerprint density at radius 1 is 1.38 bits per heavy atom. The second-order valence-electron chi connectivity index (χ2n) is 6.02. The molecule has 6 heteroatoms. The van der Waals surface area contributed by atoms with Gasteiger partial charge in [0, 0.05) is 28.4 Å². The zero-order valence-electron chi connectivity index (χ0n) is 14.6. The van der Waals surface area contributed by atoms with E-state index < -0.39 is 0 Å². The van der Waals surface area contributed by atoms with Gasteiger partial charge in [0.15, 0.2) is 0 Å². The van der Waals surface area contributed by atoms with Gasteiger partial charge < -0.3 is 5.32 Å². The number of carbonyl (C=O) groups is 1. The molecule has 4 nitrogen and oxygen atoms in total. The second kappa shape index (κ2) is 8.70. The number of amides is 1. The third-order valence-electron chi connectivity index (χ3n) is 3.71. The number of nitrogens with zero attached hydrogens (tertiary/aromatic N) is 2. The number of thioether (sulfide) groups is 1. The molecule has 1 amide bonds. The lowest BCUT2D eigenvalue weighted by Gasteiger charge is -2.21. The quantitative estimate of drug-likeness (QED) is 0.596. The van der Waals surface area contributed by atoms with Crippen molar-refractivity contribution in [3.63, 3.8) is 0 Å². The Morgan fingerprint density at radius 2 is 2.12 bits per heavy atom. The smallest absolute Gasteiger partial charge is 0.234 e. The third-order valence-corrected chi connectivity index (χ3v) is 4.76.